The number of alkyl halides is 3. The average molecular weight is 534 g/mol. The highest BCUT2D eigenvalue weighted by molar-refractivity contribution is 9.11. The van der Waals surface area contributed by atoms with Gasteiger partial charge in [-0.05, 0) is 62.9 Å². The Hall–Kier alpha value is -2.34. The van der Waals surface area contributed by atoms with E-state index in [-0.39, 0.29) is 11.7 Å². The molecule has 0 spiro atoms. The third kappa shape index (κ3) is 5.18. The molecule has 1 saturated carbocycles. The smallest absolute Gasteiger partial charge is 0.406 e. The van der Waals surface area contributed by atoms with Crippen LogP contribution in [0.1, 0.15) is 24.5 Å². The van der Waals surface area contributed by atoms with Crippen molar-refractivity contribution in [2.75, 3.05) is 10.6 Å². The number of nitrogens with zero attached hydrogens (tertiary/aromatic N) is 3. The number of halogens is 5. The van der Waals surface area contributed by atoms with Crippen LogP contribution < -0.4 is 15.4 Å². The fourth-order valence-electron chi connectivity index (χ4n) is 2.56. The topological polar surface area (TPSA) is 87.8 Å². The van der Waals surface area contributed by atoms with E-state index in [1.54, 1.807) is 6.20 Å². The summed E-state index contributed by atoms with van der Waals surface area (Å²) in [7, 11) is 0. The van der Waals surface area contributed by atoms with Gasteiger partial charge in [0.1, 0.15) is 5.75 Å². The summed E-state index contributed by atoms with van der Waals surface area (Å²) >= 11 is 6.60. The van der Waals surface area contributed by atoms with Crippen molar-refractivity contribution in [2.24, 2.45) is 0 Å². The highest BCUT2D eigenvalue weighted by atomic mass is 79.9. The van der Waals surface area contributed by atoms with Crippen molar-refractivity contribution < 1.29 is 17.9 Å². The van der Waals surface area contributed by atoms with Gasteiger partial charge in [-0.2, -0.15) is 10.1 Å². The Morgan fingerprint density at radius 1 is 1.10 bits per heavy atom. The molecule has 12 heteroatoms. The van der Waals surface area contributed by atoms with Crippen LogP contribution in [0.4, 0.5) is 36.4 Å². The number of nitrogens with one attached hydrogen (secondary N) is 3. The number of hydrogen-bond acceptors (Lipinski definition) is 6. The fourth-order valence-corrected chi connectivity index (χ4v) is 3.30. The first-order valence-electron chi connectivity index (χ1n) is 8.44. The van der Waals surface area contributed by atoms with Crippen LogP contribution in [0.15, 0.2) is 39.4 Å². The van der Waals surface area contributed by atoms with Crippen molar-refractivity contribution in [3.63, 3.8) is 0 Å². The van der Waals surface area contributed by atoms with E-state index >= 15 is 0 Å². The van der Waals surface area contributed by atoms with Gasteiger partial charge in [-0.25, -0.2) is 4.98 Å². The molecule has 0 bridgehead atoms. The van der Waals surface area contributed by atoms with Crippen LogP contribution in [0.2, 0.25) is 0 Å². The molecular weight excluding hydrogens is 521 g/mol. The molecule has 1 aromatic carbocycles. The number of benzene rings is 1. The number of ether oxygens (including phenoxy) is 1. The monoisotopic (exact) mass is 532 g/mol. The number of aromatic nitrogens is 4. The third-order valence-electron chi connectivity index (χ3n) is 4.03. The number of H-pyrrole nitrogens is 1. The molecule has 29 heavy (non-hydrogen) atoms. The van der Waals surface area contributed by atoms with Gasteiger partial charge in [0.05, 0.1) is 10.2 Å². The van der Waals surface area contributed by atoms with Crippen molar-refractivity contribution in [2.45, 2.75) is 25.1 Å². The Morgan fingerprint density at radius 3 is 2.59 bits per heavy atom. The van der Waals surface area contributed by atoms with E-state index in [4.69, 9.17) is 0 Å². The maximum atomic E-state index is 12.3. The van der Waals surface area contributed by atoms with Crippen molar-refractivity contribution >= 4 is 55.1 Å². The molecule has 0 saturated heterocycles. The molecule has 0 amide bonds. The van der Waals surface area contributed by atoms with Gasteiger partial charge in [0.2, 0.25) is 5.95 Å². The fraction of sp³-hybridized carbons (Fsp3) is 0.235. The summed E-state index contributed by atoms with van der Waals surface area (Å²) < 4.78 is 41.9. The molecule has 0 radical (unpaired) electrons. The summed E-state index contributed by atoms with van der Waals surface area (Å²) in [6.45, 7) is 0. The zero-order valence-corrected chi connectivity index (χ0v) is 17.7. The van der Waals surface area contributed by atoms with Gasteiger partial charge in [-0.3, -0.25) is 5.10 Å². The van der Waals surface area contributed by atoms with Gasteiger partial charge >= 0.3 is 6.36 Å². The molecule has 3 N–H and O–H groups in total. The Morgan fingerprint density at radius 2 is 1.90 bits per heavy atom. The van der Waals surface area contributed by atoms with Crippen LogP contribution in [0, 0.1) is 0 Å². The van der Waals surface area contributed by atoms with E-state index in [0.717, 1.165) is 18.5 Å². The maximum Gasteiger partial charge on any atom is 0.573 e. The van der Waals surface area contributed by atoms with Crippen molar-refractivity contribution in [3.05, 3.63) is 45.1 Å². The third-order valence-corrected chi connectivity index (χ3v) is 5.26. The minimum absolute atomic E-state index is 0.249. The molecule has 1 aliphatic carbocycles. The summed E-state index contributed by atoms with van der Waals surface area (Å²) in [4.78, 5) is 8.56. The lowest BCUT2D eigenvalue weighted by molar-refractivity contribution is -0.274. The predicted molar refractivity (Wildman–Crippen MR) is 108 cm³/mol. The maximum absolute atomic E-state index is 12.3. The molecule has 1 fully saturated rings. The second-order valence-corrected chi connectivity index (χ2v) is 8.02. The molecule has 152 valence electrons. The molecule has 7 nitrogen and oxygen atoms in total. The van der Waals surface area contributed by atoms with Gasteiger partial charge < -0.3 is 15.4 Å². The molecule has 3 aromatic rings. The van der Waals surface area contributed by atoms with Gasteiger partial charge in [-0.1, -0.05) is 0 Å². The predicted octanol–water partition coefficient (Wildman–Crippen LogP) is 5.99. The second kappa shape index (κ2) is 7.82. The highest BCUT2D eigenvalue weighted by Gasteiger charge is 2.31. The zero-order valence-electron chi connectivity index (χ0n) is 14.5. The average Bonchev–Trinajstić information content (AvgIpc) is 3.38. The summed E-state index contributed by atoms with van der Waals surface area (Å²) in [6, 6.07) is 5.77. The van der Waals surface area contributed by atoms with Crippen LogP contribution in [0.25, 0.3) is 0 Å². The summed E-state index contributed by atoms with van der Waals surface area (Å²) in [6.07, 6.45) is -0.875. The minimum atomic E-state index is -4.75. The van der Waals surface area contributed by atoms with E-state index in [1.807, 2.05) is 6.07 Å². The van der Waals surface area contributed by atoms with Crippen molar-refractivity contribution in [3.8, 4) is 5.75 Å². The van der Waals surface area contributed by atoms with Gasteiger partial charge in [-0.15, -0.1) is 13.2 Å². The van der Waals surface area contributed by atoms with E-state index < -0.39 is 6.36 Å². The molecule has 0 unspecified atom stereocenters. The molecule has 4 rings (SSSR count). The van der Waals surface area contributed by atoms with E-state index in [0.29, 0.717) is 32.2 Å². The number of anilines is 4. The number of aromatic amines is 1. The van der Waals surface area contributed by atoms with Crippen LogP contribution in [0.5, 0.6) is 5.75 Å². The van der Waals surface area contributed by atoms with Crippen molar-refractivity contribution in [1.82, 2.24) is 20.2 Å². The largest absolute Gasteiger partial charge is 0.573 e. The Kier molecular flexibility index (Phi) is 5.38. The molecule has 0 atom stereocenters. The standard InChI is InChI=1S/C17H13Br2F3N6O/c18-10-5-9(29-17(20,21)22)3-4-12(10)24-16-23-7-11(19)15(26-16)25-14-6-13(27-28-14)8-1-2-8/h3-8H,1-2H2,(H3,23,24,25,26,27,28). The lowest BCUT2D eigenvalue weighted by atomic mass is 10.3. The van der Waals surface area contributed by atoms with Crippen LogP contribution in [0.3, 0.4) is 0 Å². The second-order valence-electron chi connectivity index (χ2n) is 6.31. The Balaban J connectivity index is 1.49. The van der Waals surface area contributed by atoms with Crippen LogP contribution in [-0.4, -0.2) is 26.5 Å². The first kappa shape index (κ1) is 20.0. The molecule has 1 aliphatic rings. The lowest BCUT2D eigenvalue weighted by Gasteiger charge is -2.12. The highest BCUT2D eigenvalue weighted by Crippen LogP contribution is 2.40. The normalized spacial score (nSPS) is 14.0. The van der Waals surface area contributed by atoms with Crippen LogP contribution in [-0.2, 0) is 0 Å². The number of hydrogen-bond donors (Lipinski definition) is 3. The summed E-state index contributed by atoms with van der Waals surface area (Å²) in [5.74, 6) is 1.58. The zero-order chi connectivity index (χ0) is 20.6. The molecule has 2 aromatic heterocycles. The van der Waals surface area contributed by atoms with Crippen LogP contribution >= 0.6 is 31.9 Å². The van der Waals surface area contributed by atoms with Gasteiger partial charge in [0.25, 0.3) is 0 Å². The van der Waals surface area contributed by atoms with Crippen molar-refractivity contribution in [1.29, 1.82) is 0 Å². The SMILES string of the molecule is FC(F)(F)Oc1ccc(Nc2ncc(Br)c(Nc3cc(C4CC4)[nH]n3)n2)c(Br)c1. The quantitative estimate of drug-likeness (QED) is 0.361. The first-order valence-corrected chi connectivity index (χ1v) is 10.0. The van der Waals surface area contributed by atoms with Gasteiger partial charge in [0, 0.05) is 28.3 Å². The Labute approximate surface area is 179 Å². The Bertz CT molecular complexity index is 1040. The summed E-state index contributed by atoms with van der Waals surface area (Å²) in [5.41, 5.74) is 1.56. The molecule has 2 heterocycles. The first-order chi connectivity index (χ1) is 13.8. The van der Waals surface area contributed by atoms with E-state index in [2.05, 4.69) is 67.4 Å². The van der Waals surface area contributed by atoms with E-state index in [1.165, 1.54) is 18.2 Å². The summed E-state index contributed by atoms with van der Waals surface area (Å²) in [5, 5.41) is 13.3. The molecule has 0 aliphatic heterocycles. The van der Waals surface area contributed by atoms with Gasteiger partial charge in [0.15, 0.2) is 11.6 Å². The molecular formula is C17H13Br2F3N6O. The lowest BCUT2D eigenvalue weighted by Crippen LogP contribution is -2.17. The number of rotatable bonds is 6. The van der Waals surface area contributed by atoms with E-state index in [9.17, 15) is 13.2 Å². The minimum Gasteiger partial charge on any atom is -0.406 e.